The van der Waals surface area contributed by atoms with Gasteiger partial charge in [-0.25, -0.2) is 0 Å². The SMILES string of the molecule is C=C(C)[C@H]1CCC(=C)C2(CC(O)C(=O)[C@@H]2C)C1. The van der Waals surface area contributed by atoms with Gasteiger partial charge in [-0.3, -0.25) is 4.79 Å². The Morgan fingerprint density at radius 3 is 2.59 bits per heavy atom. The lowest BCUT2D eigenvalue weighted by atomic mass is 9.61. The van der Waals surface area contributed by atoms with E-state index < -0.39 is 6.10 Å². The van der Waals surface area contributed by atoms with Gasteiger partial charge in [-0.2, -0.15) is 0 Å². The van der Waals surface area contributed by atoms with E-state index in [2.05, 4.69) is 20.1 Å². The summed E-state index contributed by atoms with van der Waals surface area (Å²) in [5.41, 5.74) is 2.18. The lowest BCUT2D eigenvalue weighted by Crippen LogP contribution is -2.34. The Morgan fingerprint density at radius 2 is 2.12 bits per heavy atom. The maximum atomic E-state index is 11.9. The van der Waals surface area contributed by atoms with Crippen LogP contribution >= 0.6 is 0 Å². The van der Waals surface area contributed by atoms with Crippen molar-refractivity contribution in [2.75, 3.05) is 0 Å². The molecule has 2 nitrogen and oxygen atoms in total. The molecule has 0 aromatic rings. The quantitative estimate of drug-likeness (QED) is 0.708. The van der Waals surface area contributed by atoms with Crippen LogP contribution in [0.5, 0.6) is 0 Å². The van der Waals surface area contributed by atoms with Crippen molar-refractivity contribution in [3.8, 4) is 0 Å². The Morgan fingerprint density at radius 1 is 1.47 bits per heavy atom. The van der Waals surface area contributed by atoms with E-state index in [0.717, 1.165) is 24.8 Å². The van der Waals surface area contributed by atoms with Crippen molar-refractivity contribution in [1.82, 2.24) is 0 Å². The van der Waals surface area contributed by atoms with Gasteiger partial charge in [0, 0.05) is 11.3 Å². The Labute approximate surface area is 103 Å². The molecule has 2 unspecified atom stereocenters. The molecule has 0 aromatic carbocycles. The van der Waals surface area contributed by atoms with Crippen LogP contribution in [-0.4, -0.2) is 17.0 Å². The molecule has 0 aliphatic heterocycles. The zero-order valence-corrected chi connectivity index (χ0v) is 10.8. The topological polar surface area (TPSA) is 37.3 Å². The highest BCUT2D eigenvalue weighted by Crippen LogP contribution is 2.56. The van der Waals surface area contributed by atoms with Crippen LogP contribution in [0.3, 0.4) is 0 Å². The molecule has 0 aromatic heterocycles. The third-order valence-electron chi connectivity index (χ3n) is 4.95. The first kappa shape index (κ1) is 12.6. The predicted octanol–water partition coefficient (Wildman–Crippen LogP) is 2.88. The van der Waals surface area contributed by atoms with E-state index in [4.69, 9.17) is 0 Å². The Hall–Kier alpha value is -0.890. The van der Waals surface area contributed by atoms with Gasteiger partial charge in [0.15, 0.2) is 5.78 Å². The van der Waals surface area contributed by atoms with Crippen LogP contribution in [0.25, 0.3) is 0 Å². The molecular formula is C15H22O2. The molecule has 1 spiro atoms. The smallest absolute Gasteiger partial charge is 0.164 e. The van der Waals surface area contributed by atoms with Crippen LogP contribution in [0.2, 0.25) is 0 Å². The highest BCUT2D eigenvalue weighted by molar-refractivity contribution is 5.88. The number of hydrogen-bond donors (Lipinski definition) is 1. The molecule has 2 fully saturated rings. The van der Waals surface area contributed by atoms with Gasteiger partial charge in [0.2, 0.25) is 0 Å². The maximum absolute atomic E-state index is 11.9. The Kier molecular flexibility index (Phi) is 3.03. The van der Waals surface area contributed by atoms with Crippen molar-refractivity contribution in [3.05, 3.63) is 24.3 Å². The van der Waals surface area contributed by atoms with Crippen molar-refractivity contribution in [2.45, 2.75) is 45.6 Å². The van der Waals surface area contributed by atoms with Gasteiger partial charge >= 0.3 is 0 Å². The molecule has 17 heavy (non-hydrogen) atoms. The summed E-state index contributed by atoms with van der Waals surface area (Å²) in [6.45, 7) is 12.2. The molecule has 2 aliphatic carbocycles. The number of aliphatic hydroxyl groups is 1. The largest absolute Gasteiger partial charge is 0.385 e. The van der Waals surface area contributed by atoms with Gasteiger partial charge in [0.1, 0.15) is 6.10 Å². The summed E-state index contributed by atoms with van der Waals surface area (Å²) in [6, 6.07) is 0. The van der Waals surface area contributed by atoms with E-state index in [9.17, 15) is 9.90 Å². The summed E-state index contributed by atoms with van der Waals surface area (Å²) in [5, 5.41) is 9.82. The second-order valence-corrected chi connectivity index (χ2v) is 5.89. The third-order valence-corrected chi connectivity index (χ3v) is 4.95. The molecule has 4 atom stereocenters. The van der Waals surface area contributed by atoms with Crippen molar-refractivity contribution in [3.63, 3.8) is 0 Å². The van der Waals surface area contributed by atoms with E-state index in [1.165, 1.54) is 5.57 Å². The molecule has 1 N–H and O–H groups in total. The minimum Gasteiger partial charge on any atom is -0.385 e. The molecule has 2 heteroatoms. The highest BCUT2D eigenvalue weighted by atomic mass is 16.3. The number of allylic oxidation sites excluding steroid dienone is 2. The van der Waals surface area contributed by atoms with Crippen LogP contribution in [0.4, 0.5) is 0 Å². The average Bonchev–Trinajstić information content (AvgIpc) is 2.48. The second-order valence-electron chi connectivity index (χ2n) is 5.89. The van der Waals surface area contributed by atoms with Gasteiger partial charge in [-0.05, 0) is 38.5 Å². The van der Waals surface area contributed by atoms with Crippen molar-refractivity contribution in [1.29, 1.82) is 0 Å². The van der Waals surface area contributed by atoms with Crippen LogP contribution in [-0.2, 0) is 4.79 Å². The molecule has 2 rings (SSSR count). The van der Waals surface area contributed by atoms with Gasteiger partial charge in [-0.15, -0.1) is 0 Å². The molecule has 0 radical (unpaired) electrons. The van der Waals surface area contributed by atoms with Crippen LogP contribution in [0, 0.1) is 17.3 Å². The van der Waals surface area contributed by atoms with Crippen molar-refractivity contribution in [2.24, 2.45) is 17.3 Å². The van der Waals surface area contributed by atoms with Crippen LogP contribution in [0.1, 0.15) is 39.5 Å². The van der Waals surface area contributed by atoms with Crippen molar-refractivity contribution < 1.29 is 9.90 Å². The number of carbonyl (C=O) groups is 1. The first-order chi connectivity index (χ1) is 7.88. The summed E-state index contributed by atoms with van der Waals surface area (Å²) in [5.74, 6) is 0.377. The lowest BCUT2D eigenvalue weighted by molar-refractivity contribution is -0.127. The fourth-order valence-corrected chi connectivity index (χ4v) is 3.60. The Bertz CT molecular complexity index is 382. The van der Waals surface area contributed by atoms with E-state index in [1.807, 2.05) is 6.92 Å². The molecule has 0 bridgehead atoms. The fourth-order valence-electron chi connectivity index (χ4n) is 3.60. The third kappa shape index (κ3) is 1.79. The van der Waals surface area contributed by atoms with E-state index in [1.54, 1.807) is 0 Å². The zero-order chi connectivity index (χ0) is 12.8. The number of hydrogen-bond acceptors (Lipinski definition) is 2. The highest BCUT2D eigenvalue weighted by Gasteiger charge is 2.53. The van der Waals surface area contributed by atoms with Gasteiger partial charge in [0.05, 0.1) is 0 Å². The zero-order valence-electron chi connectivity index (χ0n) is 10.8. The van der Waals surface area contributed by atoms with Gasteiger partial charge < -0.3 is 5.11 Å². The van der Waals surface area contributed by atoms with Crippen LogP contribution in [0.15, 0.2) is 24.3 Å². The minimum absolute atomic E-state index is 0.00600. The number of Topliss-reactive ketones (excluding diaryl/α,β-unsaturated/α-hetero) is 1. The van der Waals surface area contributed by atoms with E-state index >= 15 is 0 Å². The second kappa shape index (κ2) is 4.09. The molecule has 0 amide bonds. The first-order valence-corrected chi connectivity index (χ1v) is 6.44. The normalized spacial score (nSPS) is 42.2. The monoisotopic (exact) mass is 234 g/mol. The summed E-state index contributed by atoms with van der Waals surface area (Å²) < 4.78 is 0. The molecule has 2 aliphatic rings. The maximum Gasteiger partial charge on any atom is 0.164 e. The molecule has 94 valence electrons. The minimum atomic E-state index is -0.786. The summed E-state index contributed by atoms with van der Waals surface area (Å²) in [4.78, 5) is 11.9. The molecule has 0 heterocycles. The first-order valence-electron chi connectivity index (χ1n) is 6.44. The van der Waals surface area contributed by atoms with Crippen LogP contribution < -0.4 is 0 Å². The number of rotatable bonds is 1. The average molecular weight is 234 g/mol. The summed E-state index contributed by atoms with van der Waals surface area (Å²) in [6.07, 6.45) is 2.76. The van der Waals surface area contributed by atoms with Gasteiger partial charge in [-0.1, -0.05) is 31.2 Å². The van der Waals surface area contributed by atoms with E-state index in [0.29, 0.717) is 12.3 Å². The molecule has 0 saturated heterocycles. The molecular weight excluding hydrogens is 212 g/mol. The standard InChI is InChI=1S/C15H22O2/c1-9(2)12-6-5-10(3)15(7-12)8-13(16)14(17)11(15)4/h11-13,16H,1,3,5-8H2,2,4H3/t11-,12-,13?,15?/m0/s1. The number of ketones is 1. The summed E-state index contributed by atoms with van der Waals surface area (Å²) in [7, 11) is 0. The molecule has 2 saturated carbocycles. The lowest BCUT2D eigenvalue weighted by Gasteiger charge is -2.43. The summed E-state index contributed by atoms with van der Waals surface area (Å²) >= 11 is 0. The predicted molar refractivity (Wildman–Crippen MR) is 68.5 cm³/mol. The Balaban J connectivity index is 2.31. The van der Waals surface area contributed by atoms with Crippen molar-refractivity contribution >= 4 is 5.78 Å². The number of carbonyl (C=O) groups excluding carboxylic acids is 1. The fraction of sp³-hybridized carbons (Fsp3) is 0.667. The van der Waals surface area contributed by atoms with E-state index in [-0.39, 0.29) is 17.1 Å². The number of aliphatic hydroxyl groups excluding tert-OH is 1. The van der Waals surface area contributed by atoms with Gasteiger partial charge in [0.25, 0.3) is 0 Å².